The summed E-state index contributed by atoms with van der Waals surface area (Å²) >= 11 is 1.44. The van der Waals surface area contributed by atoms with Crippen molar-refractivity contribution in [3.05, 3.63) is 21.9 Å². The number of nitrogens with zero attached hydrogens (tertiary/aromatic N) is 2. The average Bonchev–Trinajstić information content (AvgIpc) is 2.89. The van der Waals surface area contributed by atoms with Crippen LogP contribution >= 0.6 is 11.3 Å². The molecule has 0 aliphatic carbocycles. The monoisotopic (exact) mass is 291 g/mol. The number of piperidine rings is 1. The van der Waals surface area contributed by atoms with Gasteiger partial charge in [-0.15, -0.1) is 11.3 Å². The fourth-order valence-electron chi connectivity index (χ4n) is 2.63. The molecular formula is C14H17N3O2S. The number of carbonyl (C=O) groups excluding carboxylic acids is 2. The van der Waals surface area contributed by atoms with Crippen LogP contribution in [0.2, 0.25) is 0 Å². The predicted molar refractivity (Wildman–Crippen MR) is 76.0 cm³/mol. The highest BCUT2D eigenvalue weighted by molar-refractivity contribution is 7.12. The lowest BCUT2D eigenvalue weighted by Crippen LogP contribution is -2.50. The Bertz CT molecular complexity index is 561. The van der Waals surface area contributed by atoms with Crippen LogP contribution in [0.4, 0.5) is 0 Å². The summed E-state index contributed by atoms with van der Waals surface area (Å²) in [6.45, 7) is 2.40. The molecule has 0 radical (unpaired) electrons. The minimum Gasteiger partial charge on any atom is -0.368 e. The maximum absolute atomic E-state index is 12.2. The summed E-state index contributed by atoms with van der Waals surface area (Å²) in [5, 5.41) is 8.84. The molecule has 2 unspecified atom stereocenters. The molecule has 106 valence electrons. The molecule has 2 rings (SSSR count). The van der Waals surface area contributed by atoms with E-state index in [0.29, 0.717) is 24.3 Å². The van der Waals surface area contributed by atoms with E-state index in [9.17, 15) is 9.59 Å². The number of carbonyl (C=O) groups is 2. The van der Waals surface area contributed by atoms with E-state index in [-0.39, 0.29) is 11.8 Å². The molecule has 1 aromatic heterocycles. The maximum Gasteiger partial charge on any atom is 0.240 e. The molecule has 5 nitrogen and oxygen atoms in total. The zero-order valence-electron chi connectivity index (χ0n) is 11.3. The van der Waals surface area contributed by atoms with E-state index in [0.717, 1.165) is 11.3 Å². The van der Waals surface area contributed by atoms with E-state index in [1.54, 1.807) is 11.0 Å². The highest BCUT2D eigenvalue weighted by Crippen LogP contribution is 2.34. The van der Waals surface area contributed by atoms with Gasteiger partial charge in [0.2, 0.25) is 11.8 Å². The Balaban J connectivity index is 2.07. The SMILES string of the molecule is CCC(C(N)=O)N1CCC(c2ccc(C#N)s2)CC1=O. The van der Waals surface area contributed by atoms with Gasteiger partial charge in [0.15, 0.2) is 0 Å². The predicted octanol–water partition coefficient (Wildman–Crippen LogP) is 1.59. The van der Waals surface area contributed by atoms with Gasteiger partial charge in [-0.3, -0.25) is 9.59 Å². The van der Waals surface area contributed by atoms with Crippen molar-refractivity contribution in [2.24, 2.45) is 5.73 Å². The minimum absolute atomic E-state index is 0.0289. The minimum atomic E-state index is -0.499. The first-order valence-electron chi connectivity index (χ1n) is 6.65. The molecule has 0 spiro atoms. The molecule has 6 heteroatoms. The summed E-state index contributed by atoms with van der Waals surface area (Å²) in [4.78, 5) is 26.9. The summed E-state index contributed by atoms with van der Waals surface area (Å²) in [5.41, 5.74) is 5.34. The number of primary amides is 1. The molecule has 1 aromatic rings. The Morgan fingerprint density at radius 1 is 1.65 bits per heavy atom. The molecule has 1 saturated heterocycles. The van der Waals surface area contributed by atoms with E-state index in [1.807, 2.05) is 13.0 Å². The molecule has 0 saturated carbocycles. The van der Waals surface area contributed by atoms with Crippen LogP contribution < -0.4 is 5.73 Å². The molecule has 1 fully saturated rings. The molecule has 1 aliphatic rings. The lowest BCUT2D eigenvalue weighted by atomic mass is 9.93. The molecule has 0 bridgehead atoms. The van der Waals surface area contributed by atoms with Crippen molar-refractivity contribution in [3.63, 3.8) is 0 Å². The van der Waals surface area contributed by atoms with Gasteiger partial charge < -0.3 is 10.6 Å². The van der Waals surface area contributed by atoms with E-state index in [1.165, 1.54) is 11.3 Å². The first-order chi connectivity index (χ1) is 9.56. The van der Waals surface area contributed by atoms with Gasteiger partial charge in [-0.25, -0.2) is 0 Å². The molecule has 2 atom stereocenters. The van der Waals surface area contributed by atoms with E-state index in [2.05, 4.69) is 6.07 Å². The second-order valence-corrected chi connectivity index (χ2v) is 6.03. The van der Waals surface area contributed by atoms with Gasteiger partial charge in [-0.2, -0.15) is 5.26 Å². The van der Waals surface area contributed by atoms with Crippen molar-refractivity contribution < 1.29 is 9.59 Å². The van der Waals surface area contributed by atoms with Crippen molar-refractivity contribution in [1.29, 1.82) is 5.26 Å². The van der Waals surface area contributed by atoms with Crippen LogP contribution in [-0.2, 0) is 9.59 Å². The molecule has 2 amide bonds. The smallest absolute Gasteiger partial charge is 0.240 e. The van der Waals surface area contributed by atoms with E-state index in [4.69, 9.17) is 11.0 Å². The Kier molecular flexibility index (Phi) is 4.40. The number of amides is 2. The van der Waals surface area contributed by atoms with Crippen LogP contribution in [0.15, 0.2) is 12.1 Å². The van der Waals surface area contributed by atoms with E-state index < -0.39 is 11.9 Å². The quantitative estimate of drug-likeness (QED) is 0.913. The average molecular weight is 291 g/mol. The zero-order valence-corrected chi connectivity index (χ0v) is 12.2. The second kappa shape index (κ2) is 6.06. The standard InChI is InChI=1S/C14H17N3O2S/c1-2-11(14(16)19)17-6-5-9(7-13(17)18)12-4-3-10(8-15)20-12/h3-4,9,11H,2,5-7H2,1H3,(H2,16,19). The molecular weight excluding hydrogens is 274 g/mol. The largest absolute Gasteiger partial charge is 0.368 e. The Morgan fingerprint density at radius 2 is 2.40 bits per heavy atom. The van der Waals surface area contributed by atoms with Gasteiger partial charge in [0.1, 0.15) is 17.0 Å². The summed E-state index contributed by atoms with van der Waals surface area (Å²) in [7, 11) is 0. The van der Waals surface area contributed by atoms with Crippen LogP contribution in [0.5, 0.6) is 0 Å². The van der Waals surface area contributed by atoms with E-state index >= 15 is 0 Å². The highest BCUT2D eigenvalue weighted by atomic mass is 32.1. The highest BCUT2D eigenvalue weighted by Gasteiger charge is 2.33. The third-order valence-electron chi connectivity index (χ3n) is 3.69. The van der Waals surface area contributed by atoms with Crippen LogP contribution in [0, 0.1) is 11.3 Å². The number of nitriles is 1. The first kappa shape index (κ1) is 14.5. The van der Waals surface area contributed by atoms with Crippen molar-refractivity contribution >= 4 is 23.2 Å². The molecule has 2 N–H and O–H groups in total. The zero-order chi connectivity index (χ0) is 14.7. The molecule has 1 aliphatic heterocycles. The number of rotatable bonds is 4. The summed E-state index contributed by atoms with van der Waals surface area (Å²) in [6, 6.07) is 5.32. The van der Waals surface area contributed by atoms with Crippen LogP contribution in [0.25, 0.3) is 0 Å². The van der Waals surface area contributed by atoms with Crippen molar-refractivity contribution in [1.82, 2.24) is 4.90 Å². The topological polar surface area (TPSA) is 87.2 Å². The van der Waals surface area contributed by atoms with Gasteiger partial charge in [0.25, 0.3) is 0 Å². The third kappa shape index (κ3) is 2.83. The molecule has 2 heterocycles. The van der Waals surface area contributed by atoms with Crippen LogP contribution in [0.3, 0.4) is 0 Å². The van der Waals surface area contributed by atoms with Crippen LogP contribution in [-0.4, -0.2) is 29.3 Å². The van der Waals surface area contributed by atoms with Gasteiger partial charge in [0, 0.05) is 23.8 Å². The Hall–Kier alpha value is -1.87. The lowest BCUT2D eigenvalue weighted by molar-refractivity contribution is -0.142. The van der Waals surface area contributed by atoms with Crippen LogP contribution in [0.1, 0.15) is 41.9 Å². The fraction of sp³-hybridized carbons (Fsp3) is 0.500. The van der Waals surface area contributed by atoms with Gasteiger partial charge >= 0.3 is 0 Å². The maximum atomic E-state index is 12.2. The normalized spacial score (nSPS) is 20.5. The van der Waals surface area contributed by atoms with Gasteiger partial charge in [-0.05, 0) is 25.0 Å². The van der Waals surface area contributed by atoms with Crippen molar-refractivity contribution in [3.8, 4) is 6.07 Å². The number of likely N-dealkylation sites (tertiary alicyclic amines) is 1. The summed E-state index contributed by atoms with van der Waals surface area (Å²) in [5.74, 6) is -0.322. The molecule has 20 heavy (non-hydrogen) atoms. The third-order valence-corrected chi connectivity index (χ3v) is 4.84. The molecule has 0 aromatic carbocycles. The number of hydrogen-bond donors (Lipinski definition) is 1. The fourth-order valence-corrected chi connectivity index (χ4v) is 3.57. The number of hydrogen-bond acceptors (Lipinski definition) is 4. The first-order valence-corrected chi connectivity index (χ1v) is 7.47. The number of nitrogens with two attached hydrogens (primary N) is 1. The summed E-state index contributed by atoms with van der Waals surface area (Å²) in [6.07, 6.45) is 1.74. The van der Waals surface area contributed by atoms with Gasteiger partial charge in [0.05, 0.1) is 0 Å². The second-order valence-electron chi connectivity index (χ2n) is 4.92. The number of thiophene rings is 1. The lowest BCUT2D eigenvalue weighted by Gasteiger charge is -2.35. The van der Waals surface area contributed by atoms with Crippen molar-refractivity contribution in [2.75, 3.05) is 6.54 Å². The Morgan fingerprint density at radius 3 is 2.90 bits per heavy atom. The Labute approximate surface area is 122 Å². The van der Waals surface area contributed by atoms with Gasteiger partial charge in [-0.1, -0.05) is 6.92 Å². The summed E-state index contributed by atoms with van der Waals surface area (Å²) < 4.78 is 0. The van der Waals surface area contributed by atoms with Crippen molar-refractivity contribution in [2.45, 2.75) is 38.1 Å².